The van der Waals surface area contributed by atoms with Crippen molar-refractivity contribution in [1.29, 1.82) is 0 Å². The number of allylic oxidation sites excluding steroid dienone is 9. The zero-order chi connectivity index (χ0) is 26.3. The molecule has 1 atom stereocenters. The van der Waals surface area contributed by atoms with Crippen molar-refractivity contribution in [3.63, 3.8) is 0 Å². The lowest BCUT2D eigenvalue weighted by Crippen LogP contribution is -2.26. The molecule has 1 aromatic carbocycles. The van der Waals surface area contributed by atoms with Crippen molar-refractivity contribution in [2.24, 2.45) is 11.3 Å². The summed E-state index contributed by atoms with van der Waals surface area (Å²) in [6.07, 6.45) is 19.5. The summed E-state index contributed by atoms with van der Waals surface area (Å²) < 4.78 is 28.5. The Morgan fingerprint density at radius 3 is 2.69 bits per heavy atom. The molecule has 0 spiro atoms. The van der Waals surface area contributed by atoms with E-state index in [-0.39, 0.29) is 12.5 Å². The highest BCUT2D eigenvalue weighted by molar-refractivity contribution is 5.99. The second-order valence-corrected chi connectivity index (χ2v) is 10.1. The summed E-state index contributed by atoms with van der Waals surface area (Å²) in [5.41, 5.74) is 4.99. The van der Waals surface area contributed by atoms with Crippen molar-refractivity contribution >= 4 is 11.6 Å². The van der Waals surface area contributed by atoms with Crippen LogP contribution >= 0.6 is 0 Å². The molecule has 1 amide bonds. The van der Waals surface area contributed by atoms with E-state index < -0.39 is 17.5 Å². The van der Waals surface area contributed by atoms with Gasteiger partial charge in [0.15, 0.2) is 11.6 Å². The van der Waals surface area contributed by atoms with E-state index in [1.807, 2.05) is 43.9 Å². The normalized spacial score (nSPS) is 18.9. The van der Waals surface area contributed by atoms with Crippen LogP contribution in [0.4, 0.5) is 14.5 Å². The molecular weight excluding hydrogens is 456 g/mol. The molecule has 0 radical (unpaired) electrons. The second-order valence-electron chi connectivity index (χ2n) is 10.1. The number of benzene rings is 1. The molecule has 192 valence electrons. The molecule has 0 aliphatic heterocycles. The van der Waals surface area contributed by atoms with Gasteiger partial charge in [-0.1, -0.05) is 55.4 Å². The lowest BCUT2D eigenvalue weighted by Gasteiger charge is -2.37. The summed E-state index contributed by atoms with van der Waals surface area (Å²) >= 11 is 0. The van der Waals surface area contributed by atoms with Crippen molar-refractivity contribution in [1.82, 2.24) is 9.55 Å². The van der Waals surface area contributed by atoms with Crippen LogP contribution in [-0.2, 0) is 11.3 Å². The van der Waals surface area contributed by atoms with Crippen molar-refractivity contribution in [3.05, 3.63) is 107 Å². The smallest absolute Gasteiger partial charge is 0.248 e. The highest BCUT2D eigenvalue weighted by atomic mass is 19.2. The Balaban J connectivity index is 0.00000481. The fraction of sp³-hybridized carbons (Fsp3) is 0.333. The number of rotatable bonds is 8. The minimum absolute atomic E-state index is 0. The van der Waals surface area contributed by atoms with Crippen LogP contribution in [0.5, 0.6) is 0 Å². The van der Waals surface area contributed by atoms with Gasteiger partial charge in [-0.15, -0.1) is 0 Å². The second kappa shape index (κ2) is 11.9. The van der Waals surface area contributed by atoms with Gasteiger partial charge in [0.2, 0.25) is 5.91 Å². The summed E-state index contributed by atoms with van der Waals surface area (Å²) in [6, 6.07) is 3.25. The van der Waals surface area contributed by atoms with Crippen LogP contribution in [0.1, 0.15) is 48.9 Å². The van der Waals surface area contributed by atoms with Gasteiger partial charge in [-0.3, -0.25) is 4.79 Å². The monoisotopic (exact) mass is 493 g/mol. The Hall–Kier alpha value is -3.54. The summed E-state index contributed by atoms with van der Waals surface area (Å²) in [7, 11) is 0. The number of hydrogen-bond donors (Lipinski definition) is 1. The molecule has 3 rings (SSSR count). The van der Waals surface area contributed by atoms with Crippen LogP contribution in [-0.4, -0.2) is 15.5 Å². The third-order valence-electron chi connectivity index (χ3n) is 6.65. The molecule has 6 heteroatoms. The molecule has 1 aliphatic rings. The van der Waals surface area contributed by atoms with Gasteiger partial charge < -0.3 is 9.88 Å². The molecule has 1 unspecified atom stereocenters. The van der Waals surface area contributed by atoms with Crippen LogP contribution in [0.25, 0.3) is 0 Å². The van der Waals surface area contributed by atoms with Crippen LogP contribution in [0.15, 0.2) is 95.7 Å². The molecular formula is C30H37F2N3O. The molecule has 0 saturated heterocycles. The van der Waals surface area contributed by atoms with E-state index in [4.69, 9.17) is 0 Å². The molecule has 1 N–H and O–H groups in total. The minimum Gasteiger partial charge on any atom is -0.337 e. The average Bonchev–Trinajstić information content (AvgIpc) is 3.31. The Kier molecular flexibility index (Phi) is 8.97. The maximum absolute atomic E-state index is 13.3. The van der Waals surface area contributed by atoms with Gasteiger partial charge in [-0.25, -0.2) is 13.8 Å². The minimum atomic E-state index is -1.00. The summed E-state index contributed by atoms with van der Waals surface area (Å²) in [5.74, 6) is -1.86. The van der Waals surface area contributed by atoms with E-state index in [0.717, 1.165) is 36.2 Å². The lowest BCUT2D eigenvalue weighted by molar-refractivity contribution is -0.111. The van der Waals surface area contributed by atoms with Gasteiger partial charge in [0.05, 0.1) is 6.33 Å². The Labute approximate surface area is 214 Å². The molecule has 0 saturated carbocycles. The molecule has 2 aromatic rings. The highest BCUT2D eigenvalue weighted by Crippen LogP contribution is 2.44. The van der Waals surface area contributed by atoms with Crippen molar-refractivity contribution in [3.8, 4) is 0 Å². The van der Waals surface area contributed by atoms with Gasteiger partial charge in [0, 0.05) is 38.2 Å². The standard InChI is InChI=1S/C30H35F2N3O.H2/c1-21(7-6-8-22(2)17-29(36)34-25-10-12-27(31)28(32)18-25)9-11-26-23(3)24(13-14-30(26,4)5)19-35-16-15-33-20-35;/h6-12,15-18,20,24H,13-14,19H2,1-5H3,(H,34,36);1H/b8-6+,11-9+,21-7+,22-17+;. The number of imidazole rings is 1. The molecule has 1 aromatic heterocycles. The third-order valence-corrected chi connectivity index (χ3v) is 6.65. The number of anilines is 1. The van der Waals surface area contributed by atoms with Gasteiger partial charge in [-0.05, 0) is 68.2 Å². The number of carbonyl (C=O) groups is 1. The van der Waals surface area contributed by atoms with E-state index in [2.05, 4.69) is 47.8 Å². The molecule has 4 nitrogen and oxygen atoms in total. The predicted octanol–water partition coefficient (Wildman–Crippen LogP) is 7.80. The predicted molar refractivity (Wildman–Crippen MR) is 144 cm³/mol. The van der Waals surface area contributed by atoms with Crippen molar-refractivity contribution < 1.29 is 15.0 Å². The number of carbonyl (C=O) groups excluding carboxylic acids is 1. The fourth-order valence-corrected chi connectivity index (χ4v) is 4.50. The Bertz CT molecular complexity index is 1240. The summed E-state index contributed by atoms with van der Waals surface area (Å²) in [6.45, 7) is 11.7. The third kappa shape index (κ3) is 7.48. The number of halogens is 2. The van der Waals surface area contributed by atoms with E-state index in [1.165, 1.54) is 29.7 Å². The number of hydrogen-bond acceptors (Lipinski definition) is 2. The Morgan fingerprint density at radius 2 is 2.00 bits per heavy atom. The topological polar surface area (TPSA) is 46.9 Å². The van der Waals surface area contributed by atoms with E-state index in [9.17, 15) is 13.6 Å². The average molecular weight is 494 g/mol. The van der Waals surface area contributed by atoms with E-state index in [0.29, 0.717) is 5.92 Å². The molecule has 0 fully saturated rings. The van der Waals surface area contributed by atoms with Gasteiger partial charge in [-0.2, -0.15) is 0 Å². The highest BCUT2D eigenvalue weighted by Gasteiger charge is 2.31. The first kappa shape index (κ1) is 27.1. The first-order valence-electron chi connectivity index (χ1n) is 12.2. The van der Waals surface area contributed by atoms with Gasteiger partial charge >= 0.3 is 0 Å². The quantitative estimate of drug-likeness (QED) is 0.301. The molecule has 0 bridgehead atoms. The van der Waals surface area contributed by atoms with Crippen molar-refractivity contribution in [2.45, 2.75) is 54.0 Å². The number of aromatic nitrogens is 2. The van der Waals surface area contributed by atoms with Crippen molar-refractivity contribution in [2.75, 3.05) is 5.32 Å². The van der Waals surface area contributed by atoms with E-state index >= 15 is 0 Å². The number of nitrogens with zero attached hydrogens (tertiary/aromatic N) is 2. The lowest BCUT2D eigenvalue weighted by atomic mass is 9.68. The molecule has 1 aliphatic carbocycles. The van der Waals surface area contributed by atoms with Gasteiger partial charge in [0.1, 0.15) is 0 Å². The van der Waals surface area contributed by atoms with E-state index in [1.54, 1.807) is 6.92 Å². The number of amides is 1. The summed E-state index contributed by atoms with van der Waals surface area (Å²) in [5, 5.41) is 2.53. The zero-order valence-electron chi connectivity index (χ0n) is 21.7. The SMILES string of the molecule is CC1=C(/C=C/C(C)=C/C=C/C(C)=C/C(=O)Nc2ccc(F)c(F)c2)C(C)(C)CCC1Cn1ccnc1.[HH]. The maximum Gasteiger partial charge on any atom is 0.248 e. The van der Waals surface area contributed by atoms with Crippen LogP contribution in [0.3, 0.4) is 0 Å². The van der Waals surface area contributed by atoms with Gasteiger partial charge in [0.25, 0.3) is 0 Å². The Morgan fingerprint density at radius 1 is 1.22 bits per heavy atom. The first-order chi connectivity index (χ1) is 17.0. The summed E-state index contributed by atoms with van der Waals surface area (Å²) in [4.78, 5) is 16.3. The van der Waals surface area contributed by atoms with Crippen LogP contribution in [0, 0.1) is 23.0 Å². The van der Waals surface area contributed by atoms with Crippen LogP contribution < -0.4 is 5.32 Å². The first-order valence-corrected chi connectivity index (χ1v) is 12.2. The molecule has 36 heavy (non-hydrogen) atoms. The fourth-order valence-electron chi connectivity index (χ4n) is 4.50. The maximum atomic E-state index is 13.3. The largest absolute Gasteiger partial charge is 0.337 e. The zero-order valence-corrected chi connectivity index (χ0v) is 21.7. The number of nitrogens with one attached hydrogen (secondary N) is 1. The van der Waals surface area contributed by atoms with Crippen LogP contribution in [0.2, 0.25) is 0 Å². The molecule has 1 heterocycles.